The predicted octanol–water partition coefficient (Wildman–Crippen LogP) is 2.62. The van der Waals surface area contributed by atoms with Crippen molar-refractivity contribution in [1.82, 2.24) is 4.98 Å². The second-order valence-corrected chi connectivity index (χ2v) is 5.57. The van der Waals surface area contributed by atoms with Gasteiger partial charge in [-0.15, -0.1) is 24.0 Å². The van der Waals surface area contributed by atoms with E-state index < -0.39 is 17.0 Å². The maximum Gasteiger partial charge on any atom is 0.313 e. The number of aromatic nitrogens is 1. The van der Waals surface area contributed by atoms with E-state index in [-0.39, 0.29) is 6.42 Å². The van der Waals surface area contributed by atoms with Crippen LogP contribution >= 0.6 is 24.0 Å². The van der Waals surface area contributed by atoms with Gasteiger partial charge in [0.1, 0.15) is 10.9 Å². The number of carboxylic acid groups (broad SMARTS) is 1. The zero-order chi connectivity index (χ0) is 13.3. The van der Waals surface area contributed by atoms with Gasteiger partial charge in [0, 0.05) is 6.42 Å². The zero-order valence-electron chi connectivity index (χ0n) is 9.58. The van der Waals surface area contributed by atoms with Crippen LogP contribution in [0.1, 0.15) is 22.9 Å². The summed E-state index contributed by atoms with van der Waals surface area (Å²) in [6.07, 6.45) is -0.142. The Balaban J connectivity index is 2.44. The standard InChI is InChI=1S/C12H11NO3S2/c1-6-2-3-9-8(4-6)13-11(18-9)7(12(15)16)5-10(14)17/h2-4,7H,5H2,1H3,(H,14,17)(H,15,16). The van der Waals surface area contributed by atoms with Gasteiger partial charge in [-0.1, -0.05) is 6.07 Å². The zero-order valence-corrected chi connectivity index (χ0v) is 11.3. The highest BCUT2D eigenvalue weighted by Crippen LogP contribution is 2.30. The number of hydrogen-bond acceptors (Lipinski definition) is 4. The van der Waals surface area contributed by atoms with E-state index in [4.69, 9.17) is 5.11 Å². The minimum absolute atomic E-state index is 0.142. The Morgan fingerprint density at radius 1 is 1.50 bits per heavy atom. The molecule has 1 aromatic heterocycles. The van der Waals surface area contributed by atoms with Crippen molar-refractivity contribution < 1.29 is 14.7 Å². The van der Waals surface area contributed by atoms with Gasteiger partial charge in [0.15, 0.2) is 5.12 Å². The van der Waals surface area contributed by atoms with Crippen LogP contribution in [0, 0.1) is 6.92 Å². The maximum atomic E-state index is 11.2. The number of thiol groups is 1. The largest absolute Gasteiger partial charge is 0.481 e. The SMILES string of the molecule is Cc1ccc2sc(C(CC(=O)S)C(=O)O)nc2c1. The van der Waals surface area contributed by atoms with Gasteiger partial charge in [0.25, 0.3) is 0 Å². The molecule has 0 aliphatic carbocycles. The van der Waals surface area contributed by atoms with E-state index in [1.165, 1.54) is 11.3 Å². The van der Waals surface area contributed by atoms with Gasteiger partial charge in [0.2, 0.25) is 0 Å². The lowest BCUT2D eigenvalue weighted by Crippen LogP contribution is -2.13. The van der Waals surface area contributed by atoms with Crippen LogP contribution in [0.25, 0.3) is 10.2 Å². The molecule has 0 amide bonds. The first-order chi connectivity index (χ1) is 8.47. The third kappa shape index (κ3) is 2.70. The monoisotopic (exact) mass is 281 g/mol. The van der Waals surface area contributed by atoms with Crippen molar-refractivity contribution in [3.8, 4) is 0 Å². The average Bonchev–Trinajstić information content (AvgIpc) is 2.67. The van der Waals surface area contributed by atoms with Gasteiger partial charge in [-0.25, -0.2) is 4.98 Å². The van der Waals surface area contributed by atoms with Crippen LogP contribution in [0.2, 0.25) is 0 Å². The molecule has 1 unspecified atom stereocenters. The Kier molecular flexibility index (Phi) is 3.68. The summed E-state index contributed by atoms with van der Waals surface area (Å²) in [5, 5.41) is 9.14. The molecule has 0 fully saturated rings. The molecule has 0 saturated heterocycles. The van der Waals surface area contributed by atoms with Gasteiger partial charge in [-0.3, -0.25) is 9.59 Å². The van der Waals surface area contributed by atoms with Crippen molar-refractivity contribution >= 4 is 45.3 Å². The lowest BCUT2D eigenvalue weighted by Gasteiger charge is -2.05. The van der Waals surface area contributed by atoms with E-state index in [0.717, 1.165) is 15.8 Å². The molecule has 1 N–H and O–H groups in total. The van der Waals surface area contributed by atoms with Crippen molar-refractivity contribution in [1.29, 1.82) is 0 Å². The van der Waals surface area contributed by atoms with E-state index in [9.17, 15) is 9.59 Å². The van der Waals surface area contributed by atoms with Gasteiger partial charge >= 0.3 is 5.97 Å². The molecule has 2 rings (SSSR count). The Morgan fingerprint density at radius 2 is 2.22 bits per heavy atom. The number of aliphatic carboxylic acids is 1. The molecular formula is C12H11NO3S2. The maximum absolute atomic E-state index is 11.2. The van der Waals surface area contributed by atoms with Gasteiger partial charge < -0.3 is 5.11 Å². The second kappa shape index (κ2) is 5.07. The topological polar surface area (TPSA) is 67.3 Å². The highest BCUT2D eigenvalue weighted by atomic mass is 32.1. The number of fused-ring (bicyclic) bond motifs is 1. The average molecular weight is 281 g/mol. The minimum Gasteiger partial charge on any atom is -0.481 e. The van der Waals surface area contributed by atoms with Crippen molar-refractivity contribution in [3.05, 3.63) is 28.8 Å². The van der Waals surface area contributed by atoms with E-state index >= 15 is 0 Å². The van der Waals surface area contributed by atoms with Crippen molar-refractivity contribution in [3.63, 3.8) is 0 Å². The number of thiazole rings is 1. The summed E-state index contributed by atoms with van der Waals surface area (Å²) >= 11 is 4.94. The van der Waals surface area contributed by atoms with Crippen LogP contribution in [0.3, 0.4) is 0 Å². The molecule has 0 saturated carbocycles. The fourth-order valence-electron chi connectivity index (χ4n) is 1.66. The molecule has 18 heavy (non-hydrogen) atoms. The van der Waals surface area contributed by atoms with E-state index in [1.54, 1.807) is 0 Å². The molecule has 0 bridgehead atoms. The fraction of sp³-hybridized carbons (Fsp3) is 0.250. The molecule has 0 spiro atoms. The molecule has 1 heterocycles. The molecule has 4 nitrogen and oxygen atoms in total. The van der Waals surface area contributed by atoms with Gasteiger partial charge in [0.05, 0.1) is 10.2 Å². The Bertz CT molecular complexity index is 621. The minimum atomic E-state index is -1.05. The van der Waals surface area contributed by atoms with Crippen LogP contribution in [-0.2, 0) is 9.59 Å². The first-order valence-electron chi connectivity index (χ1n) is 5.29. The molecule has 2 aromatic rings. The van der Waals surface area contributed by atoms with E-state index in [2.05, 4.69) is 17.6 Å². The van der Waals surface area contributed by atoms with Crippen LogP contribution in [0.5, 0.6) is 0 Å². The number of nitrogens with zero attached hydrogens (tertiary/aromatic N) is 1. The summed E-state index contributed by atoms with van der Waals surface area (Å²) < 4.78 is 0.925. The molecule has 0 aliphatic rings. The normalized spacial score (nSPS) is 12.6. The Morgan fingerprint density at radius 3 is 2.83 bits per heavy atom. The van der Waals surface area contributed by atoms with Gasteiger partial charge in [-0.05, 0) is 24.6 Å². The number of benzene rings is 1. The molecule has 6 heteroatoms. The number of carbonyl (C=O) groups is 2. The number of carboxylic acids is 1. The van der Waals surface area contributed by atoms with Crippen LogP contribution in [0.4, 0.5) is 0 Å². The van der Waals surface area contributed by atoms with Crippen LogP contribution < -0.4 is 0 Å². The fourth-order valence-corrected chi connectivity index (χ4v) is 2.88. The molecule has 0 aliphatic heterocycles. The van der Waals surface area contributed by atoms with Crippen molar-refractivity contribution in [2.24, 2.45) is 0 Å². The van der Waals surface area contributed by atoms with E-state index in [0.29, 0.717) is 5.01 Å². The summed E-state index contributed by atoms with van der Waals surface area (Å²) in [7, 11) is 0. The summed E-state index contributed by atoms with van der Waals surface area (Å²) in [5.74, 6) is -1.96. The smallest absolute Gasteiger partial charge is 0.313 e. The third-order valence-electron chi connectivity index (χ3n) is 2.53. The van der Waals surface area contributed by atoms with Crippen LogP contribution in [0.15, 0.2) is 18.2 Å². The summed E-state index contributed by atoms with van der Waals surface area (Å²) in [6.45, 7) is 1.95. The van der Waals surface area contributed by atoms with Crippen LogP contribution in [-0.4, -0.2) is 21.2 Å². The lowest BCUT2D eigenvalue weighted by molar-refractivity contribution is -0.139. The first kappa shape index (κ1) is 13.0. The summed E-state index contributed by atoms with van der Waals surface area (Å²) in [6, 6.07) is 5.76. The highest BCUT2D eigenvalue weighted by molar-refractivity contribution is 7.96. The number of carbonyl (C=O) groups excluding carboxylic acids is 1. The number of rotatable bonds is 4. The molecular weight excluding hydrogens is 270 g/mol. The Labute approximate surface area is 113 Å². The third-order valence-corrected chi connectivity index (χ3v) is 3.87. The molecule has 94 valence electrons. The van der Waals surface area contributed by atoms with E-state index in [1.807, 2.05) is 25.1 Å². The summed E-state index contributed by atoms with van der Waals surface area (Å²) in [5.41, 5.74) is 1.84. The molecule has 1 atom stereocenters. The Hall–Kier alpha value is -1.40. The highest BCUT2D eigenvalue weighted by Gasteiger charge is 2.25. The number of hydrogen-bond donors (Lipinski definition) is 2. The van der Waals surface area contributed by atoms with Crippen molar-refractivity contribution in [2.75, 3.05) is 0 Å². The van der Waals surface area contributed by atoms with Crippen molar-refractivity contribution in [2.45, 2.75) is 19.3 Å². The molecule has 1 aromatic carbocycles. The predicted molar refractivity (Wildman–Crippen MR) is 73.3 cm³/mol. The first-order valence-corrected chi connectivity index (χ1v) is 6.55. The number of aryl methyl sites for hydroxylation is 1. The summed E-state index contributed by atoms with van der Waals surface area (Å²) in [4.78, 5) is 26.4. The quantitative estimate of drug-likeness (QED) is 0.845. The van der Waals surface area contributed by atoms with Gasteiger partial charge in [-0.2, -0.15) is 0 Å². The molecule has 0 radical (unpaired) electrons. The second-order valence-electron chi connectivity index (χ2n) is 4.01. The lowest BCUT2D eigenvalue weighted by atomic mass is 10.1.